The maximum Gasteiger partial charge on any atom is 0.180 e. The van der Waals surface area contributed by atoms with Crippen molar-refractivity contribution in [1.82, 2.24) is 14.4 Å². The minimum atomic E-state index is 0.659. The van der Waals surface area contributed by atoms with Gasteiger partial charge in [0, 0.05) is 32.0 Å². The lowest BCUT2D eigenvalue weighted by Gasteiger charge is -2.24. The lowest BCUT2D eigenvalue weighted by Crippen LogP contribution is -2.28. The molecule has 0 radical (unpaired) electrons. The highest BCUT2D eigenvalue weighted by atomic mass is 15.3. The van der Waals surface area contributed by atoms with Crippen LogP contribution in [0.5, 0.6) is 0 Å². The molecule has 0 atom stereocenters. The third kappa shape index (κ3) is 2.37. The summed E-state index contributed by atoms with van der Waals surface area (Å²) in [5.74, 6) is 1.91. The summed E-state index contributed by atoms with van der Waals surface area (Å²) >= 11 is 0. The summed E-state index contributed by atoms with van der Waals surface area (Å²) in [7, 11) is 1.91. The molecule has 102 valence electrons. The molecule has 1 N–H and O–H groups in total. The Morgan fingerprint density at radius 2 is 2.32 bits per heavy atom. The van der Waals surface area contributed by atoms with Crippen molar-refractivity contribution >= 4 is 17.3 Å². The zero-order valence-corrected chi connectivity index (χ0v) is 11.6. The molecule has 2 heterocycles. The fourth-order valence-electron chi connectivity index (χ4n) is 2.40. The van der Waals surface area contributed by atoms with E-state index in [1.54, 1.807) is 0 Å². The number of anilines is 2. The second-order valence-electron chi connectivity index (χ2n) is 5.14. The molecule has 0 spiro atoms. The zero-order valence-electron chi connectivity index (χ0n) is 11.6. The highest BCUT2D eigenvalue weighted by Crippen LogP contribution is 2.33. The number of unbranched alkanes of at least 4 members (excludes halogenated alkanes) is 1. The maximum atomic E-state index is 4.74. The minimum absolute atomic E-state index is 0.659. The molecule has 0 unspecified atom stereocenters. The van der Waals surface area contributed by atoms with E-state index < -0.39 is 0 Å². The topological polar surface area (TPSA) is 45.5 Å². The van der Waals surface area contributed by atoms with Gasteiger partial charge in [-0.3, -0.25) is 0 Å². The molecule has 0 aliphatic heterocycles. The lowest BCUT2D eigenvalue weighted by molar-refractivity contribution is 0.705. The minimum Gasteiger partial charge on any atom is -0.372 e. The summed E-state index contributed by atoms with van der Waals surface area (Å²) in [6, 6.07) is 0.659. The normalized spacial score (nSPS) is 14.8. The molecule has 2 aromatic heterocycles. The summed E-state index contributed by atoms with van der Waals surface area (Å²) in [5, 5.41) is 3.13. The molecule has 3 rings (SSSR count). The number of nitrogens with zero attached hydrogens (tertiary/aromatic N) is 4. The lowest BCUT2D eigenvalue weighted by atomic mass is 10.3. The van der Waals surface area contributed by atoms with E-state index in [0.29, 0.717) is 6.04 Å². The van der Waals surface area contributed by atoms with Gasteiger partial charge in [-0.25, -0.2) is 9.97 Å². The van der Waals surface area contributed by atoms with Crippen LogP contribution in [0.25, 0.3) is 5.65 Å². The van der Waals surface area contributed by atoms with E-state index in [-0.39, 0.29) is 0 Å². The van der Waals surface area contributed by atoms with Crippen molar-refractivity contribution < 1.29 is 0 Å². The van der Waals surface area contributed by atoms with Gasteiger partial charge in [0.2, 0.25) is 0 Å². The van der Waals surface area contributed by atoms with Crippen molar-refractivity contribution in [1.29, 1.82) is 0 Å². The first-order valence-corrected chi connectivity index (χ1v) is 7.11. The van der Waals surface area contributed by atoms with Gasteiger partial charge < -0.3 is 14.6 Å². The van der Waals surface area contributed by atoms with Crippen LogP contribution in [0.3, 0.4) is 0 Å². The Balaban J connectivity index is 2.02. The number of rotatable bonds is 6. The monoisotopic (exact) mass is 259 g/mol. The molecule has 19 heavy (non-hydrogen) atoms. The van der Waals surface area contributed by atoms with Crippen molar-refractivity contribution in [3.05, 3.63) is 18.6 Å². The Morgan fingerprint density at radius 1 is 1.47 bits per heavy atom. The van der Waals surface area contributed by atoms with Gasteiger partial charge in [-0.05, 0) is 19.3 Å². The molecule has 0 amide bonds. The summed E-state index contributed by atoms with van der Waals surface area (Å²) in [4.78, 5) is 11.6. The number of imidazole rings is 1. The third-order valence-corrected chi connectivity index (χ3v) is 3.62. The summed E-state index contributed by atoms with van der Waals surface area (Å²) in [6.45, 7) is 3.30. The van der Waals surface area contributed by atoms with Crippen molar-refractivity contribution in [3.63, 3.8) is 0 Å². The molecule has 5 nitrogen and oxygen atoms in total. The van der Waals surface area contributed by atoms with E-state index >= 15 is 0 Å². The Bertz CT molecular complexity index is 558. The van der Waals surface area contributed by atoms with Gasteiger partial charge in [0.1, 0.15) is 5.82 Å². The third-order valence-electron chi connectivity index (χ3n) is 3.62. The second-order valence-corrected chi connectivity index (χ2v) is 5.14. The van der Waals surface area contributed by atoms with Crippen LogP contribution in [0.15, 0.2) is 18.6 Å². The van der Waals surface area contributed by atoms with Crippen LogP contribution in [-0.4, -0.2) is 34.0 Å². The first kappa shape index (κ1) is 12.3. The average molecular weight is 259 g/mol. The van der Waals surface area contributed by atoms with Gasteiger partial charge in [-0.1, -0.05) is 13.3 Å². The first-order chi connectivity index (χ1) is 9.33. The number of hydrogen-bond acceptors (Lipinski definition) is 4. The highest BCUT2D eigenvalue weighted by molar-refractivity contribution is 5.67. The molecule has 1 saturated carbocycles. The predicted octanol–water partition coefficient (Wildman–Crippen LogP) is 2.54. The van der Waals surface area contributed by atoms with E-state index in [1.807, 2.05) is 25.6 Å². The van der Waals surface area contributed by atoms with E-state index in [1.165, 1.54) is 25.7 Å². The van der Waals surface area contributed by atoms with Crippen molar-refractivity contribution in [2.45, 2.75) is 38.6 Å². The molecular weight excluding hydrogens is 238 g/mol. The van der Waals surface area contributed by atoms with Gasteiger partial charge in [-0.15, -0.1) is 0 Å². The second kappa shape index (κ2) is 5.07. The van der Waals surface area contributed by atoms with Gasteiger partial charge in [0.15, 0.2) is 11.5 Å². The molecule has 0 aromatic carbocycles. The van der Waals surface area contributed by atoms with Crippen LogP contribution in [0.4, 0.5) is 11.6 Å². The van der Waals surface area contributed by atoms with Crippen LogP contribution in [0, 0.1) is 0 Å². The maximum absolute atomic E-state index is 4.74. The quantitative estimate of drug-likeness (QED) is 0.866. The van der Waals surface area contributed by atoms with Crippen molar-refractivity contribution in [3.8, 4) is 0 Å². The van der Waals surface area contributed by atoms with E-state index in [4.69, 9.17) is 4.98 Å². The number of nitrogens with one attached hydrogen (secondary N) is 1. The van der Waals surface area contributed by atoms with E-state index in [2.05, 4.69) is 26.5 Å². The average Bonchev–Trinajstić information content (AvgIpc) is 3.16. The number of fused-ring (bicyclic) bond motifs is 1. The van der Waals surface area contributed by atoms with Crippen molar-refractivity contribution in [2.75, 3.05) is 23.8 Å². The SMILES string of the molecule is CCCCN(c1nc(NC)cn2ccnc12)C1CC1. The van der Waals surface area contributed by atoms with E-state index in [9.17, 15) is 0 Å². The standard InChI is InChI=1S/C14H21N5/c1-3-4-8-19(11-5-6-11)14-13-16-7-9-18(13)10-12(15-2)17-14/h7,9-11,15H,3-6,8H2,1-2H3. The largest absolute Gasteiger partial charge is 0.372 e. The van der Waals surface area contributed by atoms with Crippen molar-refractivity contribution in [2.24, 2.45) is 0 Å². The van der Waals surface area contributed by atoms with Crippen LogP contribution in [0.2, 0.25) is 0 Å². The summed E-state index contributed by atoms with van der Waals surface area (Å²) in [5.41, 5.74) is 0.960. The molecule has 0 saturated heterocycles. The molecule has 1 aliphatic carbocycles. The molecule has 0 bridgehead atoms. The Morgan fingerprint density at radius 3 is 3.00 bits per heavy atom. The van der Waals surface area contributed by atoms with Crippen LogP contribution >= 0.6 is 0 Å². The predicted molar refractivity (Wildman–Crippen MR) is 77.8 cm³/mol. The summed E-state index contributed by atoms with van der Waals surface area (Å²) < 4.78 is 2.05. The molecule has 5 heteroatoms. The van der Waals surface area contributed by atoms with Gasteiger partial charge in [-0.2, -0.15) is 0 Å². The Labute approximate surface area is 113 Å². The fraction of sp³-hybridized carbons (Fsp3) is 0.571. The van der Waals surface area contributed by atoms with Gasteiger partial charge in [0.25, 0.3) is 0 Å². The Hall–Kier alpha value is -1.78. The van der Waals surface area contributed by atoms with Crippen LogP contribution < -0.4 is 10.2 Å². The van der Waals surface area contributed by atoms with E-state index in [0.717, 1.165) is 23.8 Å². The number of hydrogen-bond donors (Lipinski definition) is 1. The highest BCUT2D eigenvalue weighted by Gasteiger charge is 2.31. The zero-order chi connectivity index (χ0) is 13.2. The van der Waals surface area contributed by atoms with Crippen LogP contribution in [-0.2, 0) is 0 Å². The Kier molecular flexibility index (Phi) is 3.27. The first-order valence-electron chi connectivity index (χ1n) is 7.11. The fourth-order valence-corrected chi connectivity index (χ4v) is 2.40. The molecule has 2 aromatic rings. The van der Waals surface area contributed by atoms with Gasteiger partial charge in [0.05, 0.1) is 6.20 Å². The number of aromatic nitrogens is 3. The molecule has 1 fully saturated rings. The molecule has 1 aliphatic rings. The van der Waals surface area contributed by atoms with Crippen LogP contribution in [0.1, 0.15) is 32.6 Å². The molecular formula is C14H21N5. The summed E-state index contributed by atoms with van der Waals surface area (Å²) in [6.07, 6.45) is 10.8. The smallest absolute Gasteiger partial charge is 0.180 e. The van der Waals surface area contributed by atoms with Gasteiger partial charge >= 0.3 is 0 Å².